The number of hydrogen-bond acceptors (Lipinski definition) is 6. The molecule has 0 aliphatic rings. The summed E-state index contributed by atoms with van der Waals surface area (Å²) < 4.78 is 23.3. The average Bonchev–Trinajstić information content (AvgIpc) is 2.45. The molecular formula is C15H24NO6P. The predicted octanol–water partition coefficient (Wildman–Crippen LogP) is 3.08. The van der Waals surface area contributed by atoms with E-state index in [0.29, 0.717) is 5.56 Å². The van der Waals surface area contributed by atoms with Gasteiger partial charge in [0.15, 0.2) is 5.66 Å². The van der Waals surface area contributed by atoms with Crippen LogP contribution in [0.25, 0.3) is 0 Å². The van der Waals surface area contributed by atoms with Crippen LogP contribution in [0.4, 0.5) is 0 Å². The zero-order chi connectivity index (χ0) is 17.6. The zero-order valence-corrected chi connectivity index (χ0v) is 14.7. The maximum atomic E-state index is 13.0. The van der Waals surface area contributed by atoms with E-state index in [9.17, 15) is 19.7 Å². The van der Waals surface area contributed by atoms with Gasteiger partial charge in [-0.25, -0.2) is 0 Å². The van der Waals surface area contributed by atoms with E-state index in [4.69, 9.17) is 9.05 Å². The van der Waals surface area contributed by atoms with Gasteiger partial charge < -0.3 is 19.4 Å². The number of hydroxylamine groups is 2. The Bertz CT molecular complexity index is 550. The number of rotatable bonds is 9. The van der Waals surface area contributed by atoms with Gasteiger partial charge in [0.25, 0.3) is 0 Å². The summed E-state index contributed by atoms with van der Waals surface area (Å²) in [4.78, 5) is 11.8. The van der Waals surface area contributed by atoms with Crippen molar-refractivity contribution in [2.24, 2.45) is 0 Å². The van der Waals surface area contributed by atoms with Crippen LogP contribution in [0.1, 0.15) is 31.0 Å². The molecule has 0 amide bonds. The van der Waals surface area contributed by atoms with Crippen molar-refractivity contribution < 1.29 is 28.7 Å². The Morgan fingerprint density at radius 2 is 1.70 bits per heavy atom. The van der Waals surface area contributed by atoms with Crippen molar-refractivity contribution in [3.63, 3.8) is 0 Å². The van der Waals surface area contributed by atoms with Crippen molar-refractivity contribution in [1.82, 2.24) is 5.06 Å². The minimum Gasteiger partial charge on any atom is -0.480 e. The first-order chi connectivity index (χ1) is 10.8. The van der Waals surface area contributed by atoms with Gasteiger partial charge in [0.05, 0.1) is 19.3 Å². The van der Waals surface area contributed by atoms with Gasteiger partial charge in [-0.1, -0.05) is 29.8 Å². The Morgan fingerprint density at radius 3 is 2.04 bits per heavy atom. The van der Waals surface area contributed by atoms with Crippen LogP contribution in [0.2, 0.25) is 0 Å². The molecule has 8 heteroatoms. The summed E-state index contributed by atoms with van der Waals surface area (Å²) in [5.41, 5.74) is -0.0643. The molecule has 0 saturated heterocycles. The summed E-state index contributed by atoms with van der Waals surface area (Å²) in [5, 5.41) is 20.3. The molecule has 0 heterocycles. The lowest BCUT2D eigenvalue weighted by atomic mass is 10.0. The van der Waals surface area contributed by atoms with Crippen molar-refractivity contribution in [3.8, 4) is 0 Å². The lowest BCUT2D eigenvalue weighted by Crippen LogP contribution is -2.38. The van der Waals surface area contributed by atoms with E-state index in [0.717, 1.165) is 10.6 Å². The van der Waals surface area contributed by atoms with E-state index in [1.807, 2.05) is 6.92 Å². The summed E-state index contributed by atoms with van der Waals surface area (Å²) in [6, 6.07) is 5.88. The van der Waals surface area contributed by atoms with Crippen LogP contribution in [0.5, 0.6) is 0 Å². The lowest BCUT2D eigenvalue weighted by Gasteiger charge is -2.32. The van der Waals surface area contributed by atoms with Crippen LogP contribution in [-0.4, -0.2) is 47.3 Å². The van der Waals surface area contributed by atoms with Crippen molar-refractivity contribution in [3.05, 3.63) is 35.4 Å². The summed E-state index contributed by atoms with van der Waals surface area (Å²) in [6.45, 7) is 5.18. The van der Waals surface area contributed by atoms with Gasteiger partial charge in [-0.15, -0.1) is 0 Å². The summed E-state index contributed by atoms with van der Waals surface area (Å²) >= 11 is 0. The number of carboxylic acid groups (broad SMARTS) is 1. The second kappa shape index (κ2) is 8.57. The molecule has 0 aromatic heterocycles. The van der Waals surface area contributed by atoms with Crippen LogP contribution in [-0.2, 0) is 18.4 Å². The number of carbonyl (C=O) groups is 1. The Morgan fingerprint density at radius 1 is 1.22 bits per heavy atom. The standard InChI is InChI=1S/C15H24NO6P/c1-5-21-23(20,22-6-2)14(15(17)18)13(16(4)19)12-9-7-11(3)8-10-12/h7-10,13-14,19H,5-6H2,1-4H3,(H,17,18). The van der Waals surface area contributed by atoms with Crippen LogP contribution < -0.4 is 0 Å². The van der Waals surface area contributed by atoms with E-state index in [1.54, 1.807) is 38.1 Å². The molecule has 2 N–H and O–H groups in total. The Hall–Kier alpha value is -1.24. The van der Waals surface area contributed by atoms with E-state index < -0.39 is 25.3 Å². The Balaban J connectivity index is 3.39. The fraction of sp³-hybridized carbons (Fsp3) is 0.533. The highest BCUT2D eigenvalue weighted by molar-refractivity contribution is 7.55. The van der Waals surface area contributed by atoms with Crippen molar-refractivity contribution in [2.45, 2.75) is 32.5 Å². The molecule has 1 aromatic rings. The van der Waals surface area contributed by atoms with Crippen LogP contribution >= 0.6 is 7.60 Å². The molecule has 2 unspecified atom stereocenters. The van der Waals surface area contributed by atoms with Gasteiger partial charge in [0.1, 0.15) is 0 Å². The van der Waals surface area contributed by atoms with Crippen LogP contribution in [0, 0.1) is 6.92 Å². The largest absolute Gasteiger partial charge is 0.480 e. The molecule has 0 radical (unpaired) electrons. The molecule has 0 aliphatic heterocycles. The van der Waals surface area contributed by atoms with Gasteiger partial charge in [-0.3, -0.25) is 9.36 Å². The average molecular weight is 345 g/mol. The number of aliphatic carboxylic acids is 1. The second-order valence-corrected chi connectivity index (χ2v) is 7.24. The third kappa shape index (κ3) is 4.86. The topological polar surface area (TPSA) is 96.3 Å². The highest BCUT2D eigenvalue weighted by Crippen LogP contribution is 2.57. The summed E-state index contributed by atoms with van der Waals surface area (Å²) in [5.74, 6) is -1.36. The van der Waals surface area contributed by atoms with Gasteiger partial charge in [-0.05, 0) is 26.3 Å². The predicted molar refractivity (Wildman–Crippen MR) is 85.8 cm³/mol. The molecule has 0 aliphatic carbocycles. The Labute approximate surface area is 136 Å². The molecule has 0 fully saturated rings. The molecular weight excluding hydrogens is 321 g/mol. The number of hydrogen-bond donors (Lipinski definition) is 2. The van der Waals surface area contributed by atoms with Crippen molar-refractivity contribution >= 4 is 13.6 Å². The van der Waals surface area contributed by atoms with E-state index in [-0.39, 0.29) is 13.2 Å². The van der Waals surface area contributed by atoms with Gasteiger partial charge in [0, 0.05) is 7.05 Å². The highest BCUT2D eigenvalue weighted by Gasteiger charge is 2.48. The zero-order valence-electron chi connectivity index (χ0n) is 13.8. The molecule has 1 aromatic carbocycles. The third-order valence-electron chi connectivity index (χ3n) is 3.33. The van der Waals surface area contributed by atoms with E-state index >= 15 is 0 Å². The van der Waals surface area contributed by atoms with Crippen LogP contribution in [0.15, 0.2) is 24.3 Å². The van der Waals surface area contributed by atoms with Gasteiger partial charge in [0.2, 0.25) is 0 Å². The maximum absolute atomic E-state index is 13.0. The minimum atomic E-state index is -3.97. The van der Waals surface area contributed by atoms with Crippen molar-refractivity contribution in [1.29, 1.82) is 0 Å². The molecule has 0 spiro atoms. The molecule has 130 valence electrons. The molecule has 23 heavy (non-hydrogen) atoms. The maximum Gasteiger partial charge on any atom is 0.346 e. The fourth-order valence-corrected chi connectivity index (χ4v) is 4.46. The smallest absolute Gasteiger partial charge is 0.346 e. The quantitative estimate of drug-likeness (QED) is 0.524. The van der Waals surface area contributed by atoms with Crippen LogP contribution in [0.3, 0.4) is 0 Å². The fourth-order valence-electron chi connectivity index (χ4n) is 2.37. The minimum absolute atomic E-state index is 0.0385. The summed E-state index contributed by atoms with van der Waals surface area (Å²) in [7, 11) is -2.67. The lowest BCUT2D eigenvalue weighted by molar-refractivity contribution is -0.147. The molecule has 2 atom stereocenters. The number of carboxylic acids is 1. The van der Waals surface area contributed by atoms with Gasteiger partial charge in [-0.2, -0.15) is 5.06 Å². The highest BCUT2D eigenvalue weighted by atomic mass is 31.2. The van der Waals surface area contributed by atoms with E-state index in [2.05, 4.69) is 0 Å². The molecule has 0 bridgehead atoms. The first kappa shape index (κ1) is 19.8. The normalized spacial score (nSPS) is 14.7. The molecule has 7 nitrogen and oxygen atoms in total. The second-order valence-electron chi connectivity index (χ2n) is 5.09. The molecule has 0 saturated carbocycles. The van der Waals surface area contributed by atoms with E-state index in [1.165, 1.54) is 7.05 Å². The number of benzene rings is 1. The van der Waals surface area contributed by atoms with Gasteiger partial charge >= 0.3 is 13.6 Å². The summed E-state index contributed by atoms with van der Waals surface area (Å²) in [6.07, 6.45) is 0. The molecule has 1 rings (SSSR count). The SMILES string of the molecule is CCOP(=O)(OCC)C(C(=O)O)C(c1ccc(C)cc1)N(C)O. The third-order valence-corrected chi connectivity index (χ3v) is 5.75. The first-order valence-electron chi connectivity index (χ1n) is 7.36. The number of nitrogens with zero attached hydrogens (tertiary/aromatic N) is 1. The monoisotopic (exact) mass is 345 g/mol. The van der Waals surface area contributed by atoms with Crippen molar-refractivity contribution in [2.75, 3.05) is 20.3 Å². The number of aryl methyl sites for hydroxylation is 1. The first-order valence-corrected chi connectivity index (χ1v) is 8.97. The Kier molecular flexibility index (Phi) is 7.38.